The van der Waals surface area contributed by atoms with Crippen LogP contribution in [-0.2, 0) is 0 Å². The highest BCUT2D eigenvalue weighted by Crippen LogP contribution is 2.39. The van der Waals surface area contributed by atoms with Crippen LogP contribution < -0.4 is 15.2 Å². The van der Waals surface area contributed by atoms with Crippen molar-refractivity contribution in [2.75, 3.05) is 14.2 Å². The Morgan fingerprint density at radius 2 is 1.61 bits per heavy atom. The van der Waals surface area contributed by atoms with Gasteiger partial charge in [-0.1, -0.05) is 13.8 Å². The van der Waals surface area contributed by atoms with Gasteiger partial charge in [0.2, 0.25) is 5.75 Å². The van der Waals surface area contributed by atoms with E-state index in [-0.39, 0.29) is 11.8 Å². The van der Waals surface area contributed by atoms with E-state index >= 15 is 0 Å². The zero-order chi connectivity index (χ0) is 13.7. The number of methoxy groups -OCH3 is 2. The van der Waals surface area contributed by atoms with E-state index in [1.165, 1.54) is 14.2 Å². The second kappa shape index (κ2) is 6.50. The molecule has 0 saturated carbocycles. The molecule has 18 heavy (non-hydrogen) atoms. The summed E-state index contributed by atoms with van der Waals surface area (Å²) in [5.41, 5.74) is 7.07. The molecule has 0 bridgehead atoms. The third kappa shape index (κ3) is 3.53. The smallest absolute Gasteiger partial charge is 0.200 e. The summed E-state index contributed by atoms with van der Waals surface area (Å²) in [5, 5.41) is 9.82. The molecule has 1 rings (SSSR count). The summed E-state index contributed by atoms with van der Waals surface area (Å²) in [6, 6.07) is 3.46. The second-order valence-electron chi connectivity index (χ2n) is 4.85. The van der Waals surface area contributed by atoms with Crippen LogP contribution >= 0.6 is 0 Å². The average molecular weight is 253 g/mol. The molecule has 0 amide bonds. The fourth-order valence-corrected chi connectivity index (χ4v) is 1.81. The Balaban J connectivity index is 2.94. The van der Waals surface area contributed by atoms with Crippen LogP contribution in [0.25, 0.3) is 0 Å². The van der Waals surface area contributed by atoms with Crippen molar-refractivity contribution >= 4 is 0 Å². The minimum Gasteiger partial charge on any atom is -0.502 e. The van der Waals surface area contributed by atoms with Gasteiger partial charge in [0.15, 0.2) is 11.5 Å². The number of phenols is 1. The molecule has 1 aromatic rings. The highest BCUT2D eigenvalue weighted by atomic mass is 16.5. The molecule has 0 saturated heterocycles. The van der Waals surface area contributed by atoms with Crippen molar-refractivity contribution in [2.45, 2.75) is 32.7 Å². The van der Waals surface area contributed by atoms with E-state index in [0.29, 0.717) is 17.4 Å². The van der Waals surface area contributed by atoms with E-state index in [9.17, 15) is 5.11 Å². The van der Waals surface area contributed by atoms with Crippen LogP contribution in [0.4, 0.5) is 0 Å². The number of hydrogen-bond acceptors (Lipinski definition) is 4. The molecule has 0 aromatic heterocycles. The highest BCUT2D eigenvalue weighted by molar-refractivity contribution is 5.53. The lowest BCUT2D eigenvalue weighted by Gasteiger charge is -2.17. The minimum atomic E-state index is -0.0733. The van der Waals surface area contributed by atoms with Crippen molar-refractivity contribution in [3.05, 3.63) is 17.7 Å². The Kier molecular flexibility index (Phi) is 5.28. The Morgan fingerprint density at radius 3 is 2.00 bits per heavy atom. The maximum atomic E-state index is 9.82. The molecule has 0 spiro atoms. The van der Waals surface area contributed by atoms with Crippen LogP contribution in [-0.4, -0.2) is 19.3 Å². The van der Waals surface area contributed by atoms with Crippen molar-refractivity contribution in [1.29, 1.82) is 0 Å². The van der Waals surface area contributed by atoms with Gasteiger partial charge in [0.1, 0.15) is 0 Å². The first kappa shape index (κ1) is 14.6. The monoisotopic (exact) mass is 253 g/mol. The topological polar surface area (TPSA) is 64.7 Å². The van der Waals surface area contributed by atoms with Crippen LogP contribution in [0.3, 0.4) is 0 Å². The van der Waals surface area contributed by atoms with Gasteiger partial charge in [-0.25, -0.2) is 0 Å². The number of aromatic hydroxyl groups is 1. The van der Waals surface area contributed by atoms with E-state index in [1.54, 1.807) is 12.1 Å². The largest absolute Gasteiger partial charge is 0.502 e. The Hall–Kier alpha value is -1.42. The standard InChI is InChI=1S/C14H23NO3/c1-9(2)5-6-11(15)10-7-12(17-3)14(16)13(8-10)18-4/h7-9,11,16H,5-6,15H2,1-4H3/t11-/m0/s1. The summed E-state index contributed by atoms with van der Waals surface area (Å²) in [6.07, 6.45) is 1.96. The molecule has 0 fully saturated rings. The molecule has 0 heterocycles. The van der Waals surface area contributed by atoms with Gasteiger partial charge in [0, 0.05) is 6.04 Å². The van der Waals surface area contributed by atoms with Crippen molar-refractivity contribution < 1.29 is 14.6 Å². The van der Waals surface area contributed by atoms with Gasteiger partial charge in [0.25, 0.3) is 0 Å². The first-order valence-corrected chi connectivity index (χ1v) is 6.20. The minimum absolute atomic E-state index is 0.0137. The molecule has 0 aliphatic heterocycles. The number of ether oxygens (including phenoxy) is 2. The van der Waals surface area contributed by atoms with Gasteiger partial charge in [-0.2, -0.15) is 0 Å². The normalized spacial score (nSPS) is 12.6. The zero-order valence-electron chi connectivity index (χ0n) is 11.6. The summed E-state index contributed by atoms with van der Waals surface area (Å²) < 4.78 is 10.2. The second-order valence-corrected chi connectivity index (χ2v) is 4.85. The van der Waals surface area contributed by atoms with Crippen LogP contribution in [0.5, 0.6) is 17.2 Å². The highest BCUT2D eigenvalue weighted by Gasteiger charge is 2.15. The molecule has 0 aliphatic carbocycles. The Morgan fingerprint density at radius 1 is 1.11 bits per heavy atom. The molecule has 1 atom stereocenters. The van der Waals surface area contributed by atoms with Crippen molar-refractivity contribution in [3.63, 3.8) is 0 Å². The van der Waals surface area contributed by atoms with E-state index < -0.39 is 0 Å². The van der Waals surface area contributed by atoms with Gasteiger partial charge in [-0.15, -0.1) is 0 Å². The Bertz CT molecular complexity index is 366. The number of hydrogen-bond donors (Lipinski definition) is 2. The first-order valence-electron chi connectivity index (χ1n) is 6.20. The van der Waals surface area contributed by atoms with Crippen LogP contribution in [0.1, 0.15) is 38.3 Å². The number of benzene rings is 1. The Labute approximate surface area is 109 Å². The van der Waals surface area contributed by atoms with Gasteiger partial charge in [-0.05, 0) is 36.5 Å². The van der Waals surface area contributed by atoms with Crippen LogP contribution in [0, 0.1) is 5.92 Å². The van der Waals surface area contributed by atoms with E-state index in [4.69, 9.17) is 15.2 Å². The molecule has 4 nitrogen and oxygen atoms in total. The molecule has 0 unspecified atom stereocenters. The van der Waals surface area contributed by atoms with Crippen LogP contribution in [0.15, 0.2) is 12.1 Å². The molecule has 102 valence electrons. The number of phenolic OH excluding ortho intramolecular Hbond substituents is 1. The number of nitrogens with two attached hydrogens (primary N) is 1. The quantitative estimate of drug-likeness (QED) is 0.818. The van der Waals surface area contributed by atoms with Gasteiger partial charge in [-0.3, -0.25) is 0 Å². The molecule has 4 heteroatoms. The van der Waals surface area contributed by atoms with Gasteiger partial charge < -0.3 is 20.3 Å². The van der Waals surface area contributed by atoms with Crippen LogP contribution in [0.2, 0.25) is 0 Å². The summed E-state index contributed by atoms with van der Waals surface area (Å²) in [4.78, 5) is 0. The number of rotatable bonds is 6. The summed E-state index contributed by atoms with van der Waals surface area (Å²) in [7, 11) is 3.02. The van der Waals surface area contributed by atoms with Gasteiger partial charge in [0.05, 0.1) is 14.2 Å². The average Bonchev–Trinajstić information content (AvgIpc) is 2.36. The zero-order valence-corrected chi connectivity index (χ0v) is 11.6. The lowest BCUT2D eigenvalue weighted by molar-refractivity contribution is 0.338. The van der Waals surface area contributed by atoms with Crippen molar-refractivity contribution in [1.82, 2.24) is 0 Å². The SMILES string of the molecule is COc1cc([C@@H](N)CCC(C)C)cc(OC)c1O. The molecular weight excluding hydrogens is 230 g/mol. The lowest BCUT2D eigenvalue weighted by atomic mass is 9.98. The summed E-state index contributed by atoms with van der Waals surface area (Å²) in [5.74, 6) is 1.42. The third-order valence-corrected chi connectivity index (χ3v) is 2.99. The maximum Gasteiger partial charge on any atom is 0.200 e. The maximum absolute atomic E-state index is 9.82. The van der Waals surface area contributed by atoms with E-state index in [1.807, 2.05) is 0 Å². The molecular formula is C14H23NO3. The molecule has 1 aromatic carbocycles. The van der Waals surface area contributed by atoms with Crippen molar-refractivity contribution in [2.24, 2.45) is 11.7 Å². The van der Waals surface area contributed by atoms with Crippen molar-refractivity contribution in [3.8, 4) is 17.2 Å². The van der Waals surface area contributed by atoms with E-state index in [2.05, 4.69) is 13.8 Å². The lowest BCUT2D eigenvalue weighted by Crippen LogP contribution is -2.11. The predicted molar refractivity (Wildman–Crippen MR) is 72.2 cm³/mol. The summed E-state index contributed by atoms with van der Waals surface area (Å²) >= 11 is 0. The molecule has 0 aliphatic rings. The van der Waals surface area contributed by atoms with E-state index in [0.717, 1.165) is 18.4 Å². The molecule has 0 radical (unpaired) electrons. The van der Waals surface area contributed by atoms with Gasteiger partial charge >= 0.3 is 0 Å². The fraction of sp³-hybridized carbons (Fsp3) is 0.571. The molecule has 3 N–H and O–H groups in total. The first-order chi connectivity index (χ1) is 8.49. The third-order valence-electron chi connectivity index (χ3n) is 2.99. The predicted octanol–water partition coefficient (Wildman–Crippen LogP) is 2.85. The fourth-order valence-electron chi connectivity index (χ4n) is 1.81. The summed E-state index contributed by atoms with van der Waals surface area (Å²) in [6.45, 7) is 4.34.